The Morgan fingerprint density at radius 3 is 2.50 bits per heavy atom. The minimum absolute atomic E-state index is 0.0608. The second-order valence-corrected chi connectivity index (χ2v) is 10.9. The molecule has 2 aliphatic heterocycles. The molecule has 4 heterocycles. The van der Waals surface area contributed by atoms with Crippen LogP contribution in [0, 0.1) is 11.7 Å². The number of aromatic nitrogens is 3. The highest BCUT2D eigenvalue weighted by Crippen LogP contribution is 2.48. The quantitative estimate of drug-likeness (QED) is 0.374. The fourth-order valence-corrected chi connectivity index (χ4v) is 5.96. The Bertz CT molecular complexity index is 1680. The average Bonchev–Trinajstić information content (AvgIpc) is 3.61. The van der Waals surface area contributed by atoms with Crippen molar-refractivity contribution < 1.29 is 23.5 Å². The minimum atomic E-state index is -1.29. The van der Waals surface area contributed by atoms with Gasteiger partial charge in [0.25, 0.3) is 5.91 Å². The lowest BCUT2D eigenvalue weighted by Gasteiger charge is -2.37. The largest absolute Gasteiger partial charge is 0.481 e. The number of carbonyl (C=O) groups excluding carboxylic acids is 1. The average molecular weight is 544 g/mol. The lowest BCUT2D eigenvalue weighted by molar-refractivity contribution is -0.138. The number of benzene rings is 2. The highest BCUT2D eigenvalue weighted by Gasteiger charge is 2.44. The lowest BCUT2D eigenvalue weighted by atomic mass is 9.92. The van der Waals surface area contributed by atoms with Crippen molar-refractivity contribution in [2.45, 2.75) is 37.9 Å². The molecule has 4 aromatic rings. The number of hydrogen-bond acceptors (Lipinski definition) is 5. The highest BCUT2D eigenvalue weighted by molar-refractivity contribution is 5.94. The van der Waals surface area contributed by atoms with E-state index in [9.17, 15) is 14.7 Å². The molecule has 1 saturated heterocycles. The first-order chi connectivity index (χ1) is 19.3. The van der Waals surface area contributed by atoms with Gasteiger partial charge in [-0.2, -0.15) is 9.61 Å². The van der Waals surface area contributed by atoms with Gasteiger partial charge in [0.2, 0.25) is 0 Å². The van der Waals surface area contributed by atoms with Gasteiger partial charge in [-0.05, 0) is 54.5 Å². The Morgan fingerprint density at radius 2 is 1.82 bits per heavy atom. The Labute approximate surface area is 228 Å². The van der Waals surface area contributed by atoms with E-state index >= 15 is 8.78 Å². The molecule has 0 radical (unpaired) electrons. The lowest BCUT2D eigenvalue weighted by Crippen LogP contribution is -2.41. The summed E-state index contributed by atoms with van der Waals surface area (Å²) in [7, 11) is 0. The van der Waals surface area contributed by atoms with Crippen molar-refractivity contribution in [2.75, 3.05) is 24.5 Å². The molecule has 4 atom stereocenters. The number of aliphatic carboxylic acids is 1. The first-order valence-electron chi connectivity index (χ1n) is 13.5. The molecule has 0 unspecified atom stereocenters. The third kappa shape index (κ3) is 3.92. The van der Waals surface area contributed by atoms with Crippen LogP contribution in [0.3, 0.4) is 0 Å². The van der Waals surface area contributed by atoms with Crippen LogP contribution in [0.25, 0.3) is 16.9 Å². The number of amides is 1. The van der Waals surface area contributed by atoms with Crippen molar-refractivity contribution in [3.05, 3.63) is 82.8 Å². The smallest absolute Gasteiger partial charge is 0.307 e. The van der Waals surface area contributed by atoms with Crippen molar-refractivity contribution in [3.8, 4) is 11.3 Å². The molecule has 0 bridgehead atoms. The zero-order chi connectivity index (χ0) is 27.7. The van der Waals surface area contributed by atoms with Crippen LogP contribution in [0.4, 0.5) is 14.6 Å². The van der Waals surface area contributed by atoms with E-state index in [4.69, 9.17) is 0 Å². The summed E-state index contributed by atoms with van der Waals surface area (Å²) in [5.74, 6) is -1.70. The van der Waals surface area contributed by atoms with Crippen molar-refractivity contribution in [3.63, 3.8) is 0 Å². The summed E-state index contributed by atoms with van der Waals surface area (Å²) in [5, 5.41) is 13.9. The van der Waals surface area contributed by atoms with Crippen LogP contribution in [0.1, 0.15) is 65.1 Å². The number of halogens is 2. The van der Waals surface area contributed by atoms with Crippen LogP contribution in [0.2, 0.25) is 0 Å². The van der Waals surface area contributed by atoms with E-state index in [2.05, 4.69) is 15.0 Å². The molecule has 2 fully saturated rings. The van der Waals surface area contributed by atoms with Gasteiger partial charge in [0.15, 0.2) is 5.65 Å². The second kappa shape index (κ2) is 9.11. The fraction of sp³-hybridized carbons (Fsp3) is 0.333. The number of nitrogens with zero attached hydrogens (tertiary/aromatic N) is 5. The van der Waals surface area contributed by atoms with Crippen LogP contribution in [-0.4, -0.2) is 56.1 Å². The molecule has 8 nitrogen and oxygen atoms in total. The zero-order valence-corrected chi connectivity index (χ0v) is 21.8. The fourth-order valence-electron chi connectivity index (χ4n) is 5.96. The summed E-state index contributed by atoms with van der Waals surface area (Å²) in [6.45, 7) is 3.41. The predicted molar refractivity (Wildman–Crippen MR) is 143 cm³/mol. The SMILES string of the molecule is C[C@@H]1c2ccccc2[C@H](F)CN1C(=O)c1cc(N2CCC2)n2nc(-c3ccc([C@H]4C[C@@H]4C(=O)O)cc3F)cc2n1. The summed E-state index contributed by atoms with van der Waals surface area (Å²) < 4.78 is 31.9. The minimum Gasteiger partial charge on any atom is -0.481 e. The van der Waals surface area contributed by atoms with Crippen molar-refractivity contribution in [1.29, 1.82) is 0 Å². The van der Waals surface area contributed by atoms with E-state index < -0.39 is 23.9 Å². The van der Waals surface area contributed by atoms with Crippen LogP contribution >= 0.6 is 0 Å². The number of hydrogen-bond donors (Lipinski definition) is 1. The van der Waals surface area contributed by atoms with E-state index in [-0.39, 0.29) is 35.7 Å². The Kier molecular flexibility index (Phi) is 5.62. The van der Waals surface area contributed by atoms with Gasteiger partial charge in [0.05, 0.1) is 24.2 Å². The maximum absolute atomic E-state index is 15.2. The van der Waals surface area contributed by atoms with Crippen LogP contribution in [0.15, 0.2) is 54.6 Å². The number of carbonyl (C=O) groups is 2. The van der Waals surface area contributed by atoms with E-state index in [0.29, 0.717) is 34.7 Å². The number of fused-ring (bicyclic) bond motifs is 2. The molecule has 204 valence electrons. The Morgan fingerprint density at radius 1 is 1.05 bits per heavy atom. The molecular formula is C30H27F2N5O3. The van der Waals surface area contributed by atoms with E-state index in [1.54, 1.807) is 40.9 Å². The summed E-state index contributed by atoms with van der Waals surface area (Å²) in [4.78, 5) is 33.2. The molecule has 3 aliphatic rings. The maximum Gasteiger partial charge on any atom is 0.307 e. The molecule has 10 heteroatoms. The van der Waals surface area contributed by atoms with Gasteiger partial charge in [-0.1, -0.05) is 30.3 Å². The summed E-state index contributed by atoms with van der Waals surface area (Å²) in [5.41, 5.74) is 3.25. The Balaban J connectivity index is 1.25. The Hall–Kier alpha value is -4.34. The molecule has 1 saturated carbocycles. The first-order valence-corrected chi connectivity index (χ1v) is 13.5. The van der Waals surface area contributed by atoms with Crippen LogP contribution in [0.5, 0.6) is 0 Å². The molecular weight excluding hydrogens is 516 g/mol. The monoisotopic (exact) mass is 543 g/mol. The predicted octanol–water partition coefficient (Wildman–Crippen LogP) is 5.16. The van der Waals surface area contributed by atoms with E-state index in [1.165, 1.54) is 11.0 Å². The van der Waals surface area contributed by atoms with Crippen molar-refractivity contribution in [1.82, 2.24) is 19.5 Å². The van der Waals surface area contributed by atoms with Gasteiger partial charge < -0.3 is 14.9 Å². The second-order valence-electron chi connectivity index (χ2n) is 10.9. The third-order valence-corrected chi connectivity index (χ3v) is 8.48. The highest BCUT2D eigenvalue weighted by atomic mass is 19.1. The van der Waals surface area contributed by atoms with Gasteiger partial charge in [-0.3, -0.25) is 9.59 Å². The van der Waals surface area contributed by atoms with Gasteiger partial charge in [-0.15, -0.1) is 0 Å². The van der Waals surface area contributed by atoms with Gasteiger partial charge in [0, 0.05) is 30.8 Å². The number of carboxylic acids is 1. The zero-order valence-electron chi connectivity index (χ0n) is 21.8. The van der Waals surface area contributed by atoms with Crippen molar-refractivity contribution >= 4 is 23.3 Å². The standard InChI is InChI=1S/C30H27F2N5O3/c1-16-18-5-2-3-6-19(18)24(32)15-36(16)29(38)26-14-28(35-9-4-10-35)37-27(33-26)13-25(34-37)20-8-7-17(11-23(20)31)21-12-22(21)30(39)40/h2-3,5-8,11,13-14,16,21-22,24H,4,9-10,12,15H2,1H3,(H,39,40)/t16-,21-,22+,24-/m1/s1. The molecule has 2 aromatic heterocycles. The topological polar surface area (TPSA) is 91.0 Å². The molecule has 0 spiro atoms. The van der Waals surface area contributed by atoms with Crippen LogP contribution in [-0.2, 0) is 4.79 Å². The van der Waals surface area contributed by atoms with Crippen LogP contribution < -0.4 is 4.90 Å². The summed E-state index contributed by atoms with van der Waals surface area (Å²) >= 11 is 0. The molecule has 1 aliphatic carbocycles. The number of rotatable bonds is 5. The molecule has 1 amide bonds. The number of carboxylic acid groups (broad SMARTS) is 1. The summed E-state index contributed by atoms with van der Waals surface area (Å²) in [6.07, 6.45) is 0.218. The number of anilines is 1. The first kappa shape index (κ1) is 24.7. The van der Waals surface area contributed by atoms with E-state index in [1.807, 2.05) is 19.1 Å². The van der Waals surface area contributed by atoms with Gasteiger partial charge in [-0.25, -0.2) is 13.8 Å². The van der Waals surface area contributed by atoms with Gasteiger partial charge in [0.1, 0.15) is 23.5 Å². The summed E-state index contributed by atoms with van der Waals surface area (Å²) in [6, 6.07) is 15.0. The molecule has 1 N–H and O–H groups in total. The third-order valence-electron chi connectivity index (χ3n) is 8.48. The molecule has 40 heavy (non-hydrogen) atoms. The van der Waals surface area contributed by atoms with Gasteiger partial charge >= 0.3 is 5.97 Å². The number of alkyl halides is 1. The van der Waals surface area contributed by atoms with E-state index in [0.717, 1.165) is 25.1 Å². The normalized spacial score (nSPS) is 23.6. The molecule has 7 rings (SSSR count). The van der Waals surface area contributed by atoms with Crippen molar-refractivity contribution in [2.24, 2.45) is 5.92 Å². The molecule has 2 aromatic carbocycles. The maximum atomic E-state index is 15.2.